The second-order valence-electron chi connectivity index (χ2n) is 2.72. The van der Waals surface area contributed by atoms with Gasteiger partial charge in [-0.3, -0.25) is 0 Å². The average Bonchev–Trinajstić information content (AvgIpc) is 2.02. The molecule has 0 bridgehead atoms. The molecule has 0 aliphatic rings. The molecule has 76 valence electrons. The molecular formula is C8H9NO4S. The molecule has 0 aliphatic carbocycles. The highest BCUT2D eigenvalue weighted by molar-refractivity contribution is 7.90. The van der Waals surface area contributed by atoms with Crippen LogP contribution < -0.4 is 4.72 Å². The number of nitrogens with one attached hydrogen (secondary N) is 1. The molecule has 1 aromatic carbocycles. The van der Waals surface area contributed by atoms with Gasteiger partial charge in [0.1, 0.15) is 0 Å². The minimum Gasteiger partial charge on any atom is -0.464 e. The molecule has 0 aromatic heterocycles. The maximum atomic E-state index is 11.3. The highest BCUT2D eigenvalue weighted by Crippen LogP contribution is 2.09. The number of sulfonamides is 1. The average molecular weight is 215 g/mol. The molecule has 0 unspecified atom stereocenters. The molecule has 2 N–H and O–H groups in total. The smallest absolute Gasteiger partial charge is 0.418 e. The Hall–Kier alpha value is -1.56. The van der Waals surface area contributed by atoms with Crippen LogP contribution in [0.4, 0.5) is 4.79 Å². The Morgan fingerprint density at radius 3 is 2.21 bits per heavy atom. The molecular weight excluding hydrogens is 206 g/mol. The fourth-order valence-electron chi connectivity index (χ4n) is 0.891. The lowest BCUT2D eigenvalue weighted by Crippen LogP contribution is -2.28. The van der Waals surface area contributed by atoms with E-state index in [4.69, 9.17) is 5.11 Å². The van der Waals surface area contributed by atoms with Gasteiger partial charge in [0, 0.05) is 0 Å². The van der Waals surface area contributed by atoms with Gasteiger partial charge in [0.2, 0.25) is 0 Å². The van der Waals surface area contributed by atoms with E-state index in [1.54, 1.807) is 19.1 Å². The van der Waals surface area contributed by atoms with Gasteiger partial charge in [-0.25, -0.2) is 17.9 Å². The lowest BCUT2D eigenvalue weighted by molar-refractivity contribution is 0.201. The van der Waals surface area contributed by atoms with E-state index < -0.39 is 16.1 Å². The second-order valence-corrected chi connectivity index (χ2v) is 4.41. The first-order valence-corrected chi connectivity index (χ1v) is 5.22. The van der Waals surface area contributed by atoms with Gasteiger partial charge in [-0.2, -0.15) is 0 Å². The minimum atomic E-state index is -3.93. The molecule has 0 saturated carbocycles. The fourth-order valence-corrected chi connectivity index (χ4v) is 1.73. The number of hydrogen-bond donors (Lipinski definition) is 2. The zero-order valence-electron chi connectivity index (χ0n) is 7.39. The first-order valence-electron chi connectivity index (χ1n) is 3.74. The van der Waals surface area contributed by atoms with Crippen LogP contribution in [0.2, 0.25) is 0 Å². The van der Waals surface area contributed by atoms with Crippen molar-refractivity contribution >= 4 is 16.1 Å². The Morgan fingerprint density at radius 2 is 1.79 bits per heavy atom. The van der Waals surface area contributed by atoms with Crippen molar-refractivity contribution in [3.63, 3.8) is 0 Å². The first kappa shape index (κ1) is 10.5. The van der Waals surface area contributed by atoms with Crippen molar-refractivity contribution in [3.8, 4) is 0 Å². The quantitative estimate of drug-likeness (QED) is 0.769. The number of carboxylic acid groups (broad SMARTS) is 1. The molecule has 6 heteroatoms. The second kappa shape index (κ2) is 3.67. The maximum Gasteiger partial charge on any atom is 0.418 e. The third-order valence-corrected chi connectivity index (χ3v) is 2.89. The van der Waals surface area contributed by atoms with Crippen molar-refractivity contribution in [2.75, 3.05) is 0 Å². The largest absolute Gasteiger partial charge is 0.464 e. The van der Waals surface area contributed by atoms with E-state index in [0.717, 1.165) is 5.56 Å². The highest BCUT2D eigenvalue weighted by atomic mass is 32.2. The summed E-state index contributed by atoms with van der Waals surface area (Å²) in [6.07, 6.45) is -1.59. The third kappa shape index (κ3) is 2.46. The highest BCUT2D eigenvalue weighted by Gasteiger charge is 2.15. The summed E-state index contributed by atoms with van der Waals surface area (Å²) in [5.74, 6) is 0. The SMILES string of the molecule is Cc1ccc(S(=O)(=O)NC(=O)O)cc1. The Morgan fingerprint density at radius 1 is 1.29 bits per heavy atom. The van der Waals surface area contributed by atoms with Crippen LogP contribution >= 0.6 is 0 Å². The summed E-state index contributed by atoms with van der Waals surface area (Å²) in [7, 11) is -3.93. The van der Waals surface area contributed by atoms with E-state index in [9.17, 15) is 13.2 Å². The lowest BCUT2D eigenvalue weighted by atomic mass is 10.2. The van der Waals surface area contributed by atoms with Gasteiger partial charge in [0.05, 0.1) is 4.90 Å². The minimum absolute atomic E-state index is 0.0644. The summed E-state index contributed by atoms with van der Waals surface area (Å²) < 4.78 is 24.0. The summed E-state index contributed by atoms with van der Waals surface area (Å²) in [6.45, 7) is 1.81. The van der Waals surface area contributed by atoms with Crippen LogP contribution in [0.3, 0.4) is 0 Å². The van der Waals surface area contributed by atoms with E-state index in [1.165, 1.54) is 16.9 Å². The van der Waals surface area contributed by atoms with Crippen LogP contribution in [0, 0.1) is 6.92 Å². The summed E-state index contributed by atoms with van der Waals surface area (Å²) in [4.78, 5) is 10.1. The Balaban J connectivity index is 3.05. The standard InChI is InChI=1S/C8H9NO4S/c1-6-2-4-7(5-3-6)14(12,13)9-8(10)11/h2-5,9H,1H3,(H,10,11). The number of carbonyl (C=O) groups is 1. The monoisotopic (exact) mass is 215 g/mol. The number of aryl methyl sites for hydroxylation is 1. The molecule has 0 fully saturated rings. The topological polar surface area (TPSA) is 83.5 Å². The van der Waals surface area contributed by atoms with E-state index in [-0.39, 0.29) is 4.90 Å². The molecule has 0 saturated heterocycles. The predicted molar refractivity (Wildman–Crippen MR) is 49.5 cm³/mol. The van der Waals surface area contributed by atoms with Gasteiger partial charge < -0.3 is 5.11 Å². The van der Waals surface area contributed by atoms with Crippen molar-refractivity contribution in [3.05, 3.63) is 29.8 Å². The Labute approximate surface area is 81.4 Å². The van der Waals surface area contributed by atoms with Crippen molar-refractivity contribution in [1.82, 2.24) is 4.72 Å². The van der Waals surface area contributed by atoms with Crippen LogP contribution in [0.1, 0.15) is 5.56 Å². The van der Waals surface area contributed by atoms with Crippen molar-refractivity contribution in [2.45, 2.75) is 11.8 Å². The molecule has 1 amide bonds. The molecule has 14 heavy (non-hydrogen) atoms. The van der Waals surface area contributed by atoms with Crippen LogP contribution in [0.5, 0.6) is 0 Å². The van der Waals surface area contributed by atoms with E-state index in [1.807, 2.05) is 0 Å². The van der Waals surface area contributed by atoms with E-state index >= 15 is 0 Å². The fraction of sp³-hybridized carbons (Fsp3) is 0.125. The predicted octanol–water partition coefficient (Wildman–Crippen LogP) is 0.951. The van der Waals surface area contributed by atoms with Crippen LogP contribution in [0.15, 0.2) is 29.2 Å². The molecule has 0 radical (unpaired) electrons. The lowest BCUT2D eigenvalue weighted by Gasteiger charge is -2.03. The Kier molecular flexibility index (Phi) is 2.76. The number of hydrogen-bond acceptors (Lipinski definition) is 3. The van der Waals surface area contributed by atoms with Gasteiger partial charge >= 0.3 is 6.09 Å². The summed E-state index contributed by atoms with van der Waals surface area (Å²) in [5, 5.41) is 8.27. The van der Waals surface area contributed by atoms with Crippen molar-refractivity contribution in [1.29, 1.82) is 0 Å². The summed E-state index contributed by atoms with van der Waals surface area (Å²) in [5.41, 5.74) is 0.902. The molecule has 5 nitrogen and oxygen atoms in total. The van der Waals surface area contributed by atoms with Gasteiger partial charge in [0.25, 0.3) is 10.0 Å². The van der Waals surface area contributed by atoms with Gasteiger partial charge in [0.15, 0.2) is 0 Å². The molecule has 0 heterocycles. The molecule has 1 aromatic rings. The maximum absolute atomic E-state index is 11.3. The van der Waals surface area contributed by atoms with Gasteiger partial charge in [-0.1, -0.05) is 17.7 Å². The number of rotatable bonds is 2. The first-order chi connectivity index (χ1) is 6.42. The number of benzene rings is 1. The van der Waals surface area contributed by atoms with Gasteiger partial charge in [-0.15, -0.1) is 0 Å². The molecule has 0 spiro atoms. The zero-order chi connectivity index (χ0) is 10.8. The van der Waals surface area contributed by atoms with Crippen LogP contribution in [-0.4, -0.2) is 19.6 Å². The third-order valence-electron chi connectivity index (χ3n) is 1.55. The number of amides is 1. The van der Waals surface area contributed by atoms with E-state index in [0.29, 0.717) is 0 Å². The van der Waals surface area contributed by atoms with E-state index in [2.05, 4.69) is 0 Å². The van der Waals surface area contributed by atoms with Crippen molar-refractivity contribution in [2.24, 2.45) is 0 Å². The van der Waals surface area contributed by atoms with Crippen LogP contribution in [-0.2, 0) is 10.0 Å². The zero-order valence-corrected chi connectivity index (χ0v) is 8.21. The van der Waals surface area contributed by atoms with Crippen molar-refractivity contribution < 1.29 is 18.3 Å². The molecule has 0 aliphatic heterocycles. The summed E-state index contributed by atoms with van der Waals surface area (Å²) in [6, 6.07) is 5.88. The normalized spacial score (nSPS) is 10.9. The summed E-state index contributed by atoms with van der Waals surface area (Å²) >= 11 is 0. The Bertz CT molecular complexity index is 435. The van der Waals surface area contributed by atoms with Crippen LogP contribution in [0.25, 0.3) is 0 Å². The molecule has 1 rings (SSSR count). The van der Waals surface area contributed by atoms with Gasteiger partial charge in [-0.05, 0) is 19.1 Å². The molecule has 0 atom stereocenters.